The predicted molar refractivity (Wildman–Crippen MR) is 133 cm³/mol. The molecular weight excluding hydrogens is 529 g/mol. The fourth-order valence-electron chi connectivity index (χ4n) is 6.49. The molecule has 7 rings (SSSR count). The number of ether oxygens (including phenoxy) is 1. The number of amides is 2. The summed E-state index contributed by atoms with van der Waals surface area (Å²) in [4.78, 5) is 34.3. The van der Waals surface area contributed by atoms with Crippen molar-refractivity contribution in [2.24, 2.45) is 23.7 Å². The predicted octanol–water partition coefficient (Wildman–Crippen LogP) is 3.64. The molecule has 1 N–H and O–H groups in total. The van der Waals surface area contributed by atoms with Gasteiger partial charge in [-0.25, -0.2) is 4.98 Å². The van der Waals surface area contributed by atoms with Gasteiger partial charge in [-0.15, -0.1) is 0 Å². The first kappa shape index (κ1) is 24.6. The van der Waals surface area contributed by atoms with Crippen molar-refractivity contribution >= 4 is 22.8 Å². The number of H-pyrrole nitrogens is 1. The normalized spacial score (nSPS) is 23.7. The zero-order chi connectivity index (χ0) is 27.6. The molecule has 10 nitrogen and oxygen atoms in total. The molecule has 2 aliphatic heterocycles. The number of benzene rings is 1. The topological polar surface area (TPSA) is 117 Å². The Kier molecular flexibility index (Phi) is 5.58. The van der Waals surface area contributed by atoms with E-state index < -0.39 is 12.8 Å². The number of hydrogen-bond acceptors (Lipinski definition) is 7. The first-order valence-corrected chi connectivity index (χ1v) is 12.9. The number of halogens is 3. The molecule has 3 aromatic heterocycles. The van der Waals surface area contributed by atoms with Crippen LogP contribution in [0.5, 0.6) is 5.88 Å². The van der Waals surface area contributed by atoms with Crippen LogP contribution in [0.2, 0.25) is 0 Å². The number of carbonyl (C=O) groups excluding carboxylic acids is 2. The lowest BCUT2D eigenvalue weighted by Gasteiger charge is -2.42. The highest BCUT2D eigenvalue weighted by Crippen LogP contribution is 2.54. The second kappa shape index (κ2) is 9.07. The highest BCUT2D eigenvalue weighted by molar-refractivity contribution is 5.97. The number of hydrogen-bond donors (Lipinski definition) is 1. The maximum absolute atomic E-state index is 13.4. The largest absolute Gasteiger partial charge is 0.467 e. The summed E-state index contributed by atoms with van der Waals surface area (Å²) in [7, 11) is 0. The van der Waals surface area contributed by atoms with Crippen molar-refractivity contribution in [2.45, 2.75) is 6.18 Å². The molecule has 5 heterocycles. The van der Waals surface area contributed by atoms with Gasteiger partial charge in [0.05, 0.1) is 17.4 Å². The third kappa shape index (κ3) is 4.16. The maximum atomic E-state index is 13.4. The van der Waals surface area contributed by atoms with Gasteiger partial charge in [-0.05, 0) is 60.1 Å². The Morgan fingerprint density at radius 1 is 0.925 bits per heavy atom. The monoisotopic (exact) mass is 552 g/mol. The number of rotatable bonds is 5. The van der Waals surface area contributed by atoms with Crippen LogP contribution in [0.15, 0.2) is 53.3 Å². The first-order valence-electron chi connectivity index (χ1n) is 12.9. The van der Waals surface area contributed by atoms with Crippen LogP contribution in [0, 0.1) is 23.7 Å². The molecule has 3 fully saturated rings. The summed E-state index contributed by atoms with van der Waals surface area (Å²) >= 11 is 0. The Balaban J connectivity index is 1.03. The van der Waals surface area contributed by atoms with Crippen molar-refractivity contribution in [2.75, 3.05) is 32.8 Å². The van der Waals surface area contributed by atoms with Crippen molar-refractivity contribution in [1.29, 1.82) is 0 Å². The van der Waals surface area contributed by atoms with E-state index in [9.17, 15) is 22.8 Å². The van der Waals surface area contributed by atoms with Crippen LogP contribution < -0.4 is 4.74 Å². The van der Waals surface area contributed by atoms with Gasteiger partial charge < -0.3 is 19.0 Å². The van der Waals surface area contributed by atoms with Gasteiger partial charge in [0.25, 0.3) is 11.8 Å². The summed E-state index contributed by atoms with van der Waals surface area (Å²) in [5.41, 5.74) is 2.34. The van der Waals surface area contributed by atoms with Gasteiger partial charge >= 0.3 is 6.18 Å². The molecule has 0 radical (unpaired) electrons. The van der Waals surface area contributed by atoms with Gasteiger partial charge in [-0.2, -0.15) is 28.6 Å². The van der Waals surface area contributed by atoms with Gasteiger partial charge in [-0.3, -0.25) is 9.59 Å². The number of furan rings is 1. The van der Waals surface area contributed by atoms with Gasteiger partial charge in [-0.1, -0.05) is 0 Å². The standard InChI is InChI=1S/C27H23F3N6O4/c28-27(29,30)13-40-24-16(23-2-1-5-39-23)6-15(8-31-24)26(38)36-11-19-17-9-35(10-18(17)20(19)12-36)25(37)14-3-4-21-22(7-14)33-34-32-21/h1-8,17-20H,9-13H2,(H,32,33,34)/t17-,18+,19+,20-. The lowest BCUT2D eigenvalue weighted by atomic mass is 9.60. The van der Waals surface area contributed by atoms with Crippen LogP contribution in [-0.2, 0) is 0 Å². The Hall–Kier alpha value is -4.42. The zero-order valence-corrected chi connectivity index (χ0v) is 21.0. The van der Waals surface area contributed by atoms with E-state index >= 15 is 0 Å². The van der Waals surface area contributed by atoms with Crippen LogP contribution in [0.25, 0.3) is 22.4 Å². The molecular formula is C27H23F3N6O4. The van der Waals surface area contributed by atoms with E-state index in [2.05, 4.69) is 20.4 Å². The van der Waals surface area contributed by atoms with E-state index in [4.69, 9.17) is 9.15 Å². The van der Waals surface area contributed by atoms with Crippen LogP contribution in [0.4, 0.5) is 13.2 Å². The summed E-state index contributed by atoms with van der Waals surface area (Å²) in [5.74, 6) is 0.928. The molecule has 4 aromatic rings. The Bertz CT molecular complexity index is 1580. The molecule has 4 atom stereocenters. The van der Waals surface area contributed by atoms with Gasteiger partial charge in [0.1, 0.15) is 16.8 Å². The molecule has 0 spiro atoms. The number of fused-ring (bicyclic) bond motifs is 5. The number of pyridine rings is 1. The second-order valence-electron chi connectivity index (χ2n) is 10.6. The number of nitrogens with zero attached hydrogens (tertiary/aromatic N) is 5. The van der Waals surface area contributed by atoms with E-state index in [0.717, 1.165) is 0 Å². The molecule has 2 amide bonds. The zero-order valence-electron chi connectivity index (χ0n) is 21.0. The highest BCUT2D eigenvalue weighted by atomic mass is 19.4. The molecule has 2 saturated heterocycles. The van der Waals surface area contributed by atoms with Crippen molar-refractivity contribution < 1.29 is 31.9 Å². The molecule has 0 bridgehead atoms. The highest BCUT2D eigenvalue weighted by Gasteiger charge is 2.59. The lowest BCUT2D eigenvalue weighted by molar-refractivity contribution is -0.154. The third-order valence-corrected chi connectivity index (χ3v) is 8.32. The fourth-order valence-corrected chi connectivity index (χ4v) is 6.49. The number of aromatic nitrogens is 4. The van der Waals surface area contributed by atoms with E-state index in [0.29, 0.717) is 54.6 Å². The summed E-state index contributed by atoms with van der Waals surface area (Å²) in [6, 6.07) is 9.91. The van der Waals surface area contributed by atoms with Crippen molar-refractivity contribution in [3.05, 3.63) is 60.0 Å². The number of likely N-dealkylation sites (tertiary alicyclic amines) is 2. The van der Waals surface area contributed by atoms with Crippen molar-refractivity contribution in [1.82, 2.24) is 30.2 Å². The Labute approximate surface area is 225 Å². The quantitative estimate of drug-likeness (QED) is 0.402. The van der Waals surface area contributed by atoms with Crippen LogP contribution >= 0.6 is 0 Å². The molecule has 1 aliphatic carbocycles. The molecule has 40 heavy (non-hydrogen) atoms. The number of carbonyl (C=O) groups is 2. The van der Waals surface area contributed by atoms with Gasteiger partial charge in [0, 0.05) is 37.9 Å². The van der Waals surface area contributed by atoms with Crippen LogP contribution in [0.3, 0.4) is 0 Å². The minimum absolute atomic E-state index is 0.0327. The number of alkyl halides is 3. The lowest BCUT2D eigenvalue weighted by Crippen LogP contribution is -2.44. The smallest absolute Gasteiger partial charge is 0.422 e. The van der Waals surface area contributed by atoms with E-state index in [1.165, 1.54) is 18.5 Å². The second-order valence-corrected chi connectivity index (χ2v) is 10.6. The summed E-state index contributed by atoms with van der Waals surface area (Å²) in [5, 5.41) is 10.6. The maximum Gasteiger partial charge on any atom is 0.422 e. The van der Waals surface area contributed by atoms with Crippen molar-refractivity contribution in [3.8, 4) is 17.2 Å². The molecule has 1 aromatic carbocycles. The first-order chi connectivity index (χ1) is 19.2. The molecule has 0 unspecified atom stereocenters. The minimum atomic E-state index is -4.53. The van der Waals surface area contributed by atoms with Gasteiger partial charge in [0.15, 0.2) is 6.61 Å². The molecule has 206 valence electrons. The Morgan fingerprint density at radius 2 is 1.57 bits per heavy atom. The third-order valence-electron chi connectivity index (χ3n) is 8.32. The fraction of sp³-hybridized carbons (Fsp3) is 0.370. The molecule has 13 heteroatoms. The average molecular weight is 553 g/mol. The summed E-state index contributed by atoms with van der Waals surface area (Å²) in [6.07, 6.45) is -1.91. The Morgan fingerprint density at radius 3 is 2.20 bits per heavy atom. The number of aromatic amines is 1. The van der Waals surface area contributed by atoms with Crippen molar-refractivity contribution in [3.63, 3.8) is 0 Å². The summed E-state index contributed by atoms with van der Waals surface area (Å²) < 4.78 is 48.5. The average Bonchev–Trinajstić information content (AvgIpc) is 3.74. The van der Waals surface area contributed by atoms with Gasteiger partial charge in [0.2, 0.25) is 5.88 Å². The van der Waals surface area contributed by atoms with Crippen LogP contribution in [-0.4, -0.2) is 81.0 Å². The van der Waals surface area contributed by atoms with E-state index in [-0.39, 0.29) is 46.4 Å². The van der Waals surface area contributed by atoms with Crippen LogP contribution in [0.1, 0.15) is 20.7 Å². The minimum Gasteiger partial charge on any atom is -0.467 e. The van der Waals surface area contributed by atoms with E-state index in [1.54, 1.807) is 35.2 Å². The molecule has 3 aliphatic rings. The SMILES string of the molecule is O=C(c1cnc(OCC(F)(F)F)c(-c2ccco2)c1)N1C[C@@H]2[C@H](C1)[C@H]1CN(C(=O)c3ccc4n[nH]nc4c3)C[C@@H]21. The van der Waals surface area contributed by atoms with E-state index in [1.807, 2.05) is 4.90 Å². The number of nitrogens with one attached hydrogen (secondary N) is 1. The molecule has 1 saturated carbocycles. The summed E-state index contributed by atoms with van der Waals surface area (Å²) in [6.45, 7) is 0.881.